The molecular formula is C13H26N2. The van der Waals surface area contributed by atoms with Crippen molar-refractivity contribution in [3.8, 4) is 0 Å². The second kappa shape index (κ2) is 7.02. The van der Waals surface area contributed by atoms with E-state index in [1.54, 1.807) is 0 Å². The summed E-state index contributed by atoms with van der Waals surface area (Å²) in [6.07, 6.45) is 11.1. The largest absolute Gasteiger partial charge is 0.271 e. The molecule has 3 N–H and O–H groups in total. The minimum atomic E-state index is 0.498. The molecule has 0 spiro atoms. The van der Waals surface area contributed by atoms with Crippen LogP contribution in [0.5, 0.6) is 0 Å². The van der Waals surface area contributed by atoms with Crippen LogP contribution >= 0.6 is 0 Å². The van der Waals surface area contributed by atoms with Gasteiger partial charge in [0.2, 0.25) is 0 Å². The van der Waals surface area contributed by atoms with E-state index in [-0.39, 0.29) is 0 Å². The highest BCUT2D eigenvalue weighted by molar-refractivity contribution is 4.83. The summed E-state index contributed by atoms with van der Waals surface area (Å²) in [5.41, 5.74) is 3.00. The summed E-state index contributed by atoms with van der Waals surface area (Å²) in [7, 11) is 0. The molecule has 1 aliphatic carbocycles. The highest BCUT2D eigenvalue weighted by Crippen LogP contribution is 2.33. The number of hydrogen-bond acceptors (Lipinski definition) is 2. The summed E-state index contributed by atoms with van der Waals surface area (Å²) in [6, 6.07) is 0.498. The van der Waals surface area contributed by atoms with Gasteiger partial charge in [0.25, 0.3) is 0 Å². The quantitative estimate of drug-likeness (QED) is 0.402. The fraction of sp³-hybridized carbons (Fsp3) is 0.846. The van der Waals surface area contributed by atoms with Crippen molar-refractivity contribution in [2.75, 3.05) is 0 Å². The molecule has 0 bridgehead atoms. The number of nitrogens with one attached hydrogen (secondary N) is 1. The van der Waals surface area contributed by atoms with Gasteiger partial charge in [0.05, 0.1) is 0 Å². The molecule has 0 aromatic heterocycles. The van der Waals surface area contributed by atoms with Crippen LogP contribution < -0.4 is 11.3 Å². The van der Waals surface area contributed by atoms with Crippen molar-refractivity contribution in [2.45, 2.75) is 57.9 Å². The van der Waals surface area contributed by atoms with E-state index >= 15 is 0 Å². The summed E-state index contributed by atoms with van der Waals surface area (Å²) in [4.78, 5) is 0. The fourth-order valence-corrected chi connectivity index (χ4v) is 2.82. The molecule has 0 saturated heterocycles. The van der Waals surface area contributed by atoms with Gasteiger partial charge in [-0.3, -0.25) is 11.3 Å². The maximum Gasteiger partial charge on any atom is 0.0241 e. The Hall–Kier alpha value is -0.340. The third-order valence-corrected chi connectivity index (χ3v) is 3.87. The Balaban J connectivity index is 2.40. The topological polar surface area (TPSA) is 38.0 Å². The van der Waals surface area contributed by atoms with Crippen molar-refractivity contribution in [1.82, 2.24) is 5.43 Å². The Morgan fingerprint density at radius 1 is 1.53 bits per heavy atom. The van der Waals surface area contributed by atoms with Crippen LogP contribution in [0.2, 0.25) is 0 Å². The number of hydrogen-bond donors (Lipinski definition) is 2. The van der Waals surface area contributed by atoms with Crippen LogP contribution in [0.3, 0.4) is 0 Å². The lowest BCUT2D eigenvalue weighted by molar-refractivity contribution is 0.203. The fourth-order valence-electron chi connectivity index (χ4n) is 2.82. The van der Waals surface area contributed by atoms with Crippen molar-refractivity contribution in [3.63, 3.8) is 0 Å². The van der Waals surface area contributed by atoms with Gasteiger partial charge < -0.3 is 0 Å². The Labute approximate surface area is 94.3 Å². The first-order valence-electron chi connectivity index (χ1n) is 6.38. The predicted molar refractivity (Wildman–Crippen MR) is 66.3 cm³/mol. The van der Waals surface area contributed by atoms with Crippen LogP contribution in [0.1, 0.15) is 51.9 Å². The maximum absolute atomic E-state index is 5.65. The third-order valence-electron chi connectivity index (χ3n) is 3.87. The molecule has 1 saturated carbocycles. The van der Waals surface area contributed by atoms with Crippen molar-refractivity contribution >= 4 is 0 Å². The van der Waals surface area contributed by atoms with Crippen LogP contribution in [0.25, 0.3) is 0 Å². The van der Waals surface area contributed by atoms with Crippen molar-refractivity contribution in [2.24, 2.45) is 17.7 Å². The zero-order valence-corrected chi connectivity index (χ0v) is 10.0. The Kier molecular flexibility index (Phi) is 5.96. The summed E-state index contributed by atoms with van der Waals surface area (Å²) < 4.78 is 0. The molecule has 3 unspecified atom stereocenters. The standard InChI is InChI=1S/C13H26N2/c1-3-5-9-13(15-14)12-8-6-7-11(4-2)10-12/h3,11-13,15H,1,4-10,14H2,2H3. The van der Waals surface area contributed by atoms with E-state index in [4.69, 9.17) is 5.84 Å². The molecule has 0 aliphatic heterocycles. The average molecular weight is 210 g/mol. The first kappa shape index (κ1) is 12.7. The normalized spacial score (nSPS) is 28.7. The van der Waals surface area contributed by atoms with E-state index in [0.717, 1.165) is 24.7 Å². The Morgan fingerprint density at radius 3 is 2.93 bits per heavy atom. The first-order valence-corrected chi connectivity index (χ1v) is 6.38. The molecule has 2 nitrogen and oxygen atoms in total. The highest BCUT2D eigenvalue weighted by atomic mass is 15.2. The van der Waals surface area contributed by atoms with E-state index in [2.05, 4.69) is 18.9 Å². The smallest absolute Gasteiger partial charge is 0.0241 e. The predicted octanol–water partition coefficient (Wildman–Crippen LogP) is 3.00. The van der Waals surface area contributed by atoms with Gasteiger partial charge >= 0.3 is 0 Å². The van der Waals surface area contributed by atoms with Crippen molar-refractivity contribution in [1.29, 1.82) is 0 Å². The highest BCUT2D eigenvalue weighted by Gasteiger charge is 2.26. The van der Waals surface area contributed by atoms with Crippen LogP contribution in [-0.2, 0) is 0 Å². The lowest BCUT2D eigenvalue weighted by atomic mass is 9.76. The molecule has 1 aliphatic rings. The van der Waals surface area contributed by atoms with Gasteiger partial charge in [0.1, 0.15) is 0 Å². The Bertz CT molecular complexity index is 179. The van der Waals surface area contributed by atoms with E-state index in [9.17, 15) is 0 Å². The molecule has 0 radical (unpaired) electrons. The lowest BCUT2D eigenvalue weighted by Gasteiger charge is -2.33. The average Bonchev–Trinajstić information content (AvgIpc) is 2.30. The molecule has 15 heavy (non-hydrogen) atoms. The van der Waals surface area contributed by atoms with Crippen LogP contribution in [0.4, 0.5) is 0 Å². The van der Waals surface area contributed by atoms with Gasteiger partial charge in [0.15, 0.2) is 0 Å². The molecule has 1 fully saturated rings. The summed E-state index contributed by atoms with van der Waals surface area (Å²) in [5.74, 6) is 7.37. The van der Waals surface area contributed by atoms with E-state index in [1.807, 2.05) is 6.08 Å². The first-order chi connectivity index (χ1) is 7.31. The molecule has 88 valence electrons. The summed E-state index contributed by atoms with van der Waals surface area (Å²) in [5, 5.41) is 0. The number of nitrogens with two attached hydrogens (primary N) is 1. The van der Waals surface area contributed by atoms with E-state index in [0.29, 0.717) is 6.04 Å². The molecule has 0 aromatic carbocycles. The van der Waals surface area contributed by atoms with Gasteiger partial charge in [-0.05, 0) is 37.5 Å². The second-order valence-electron chi connectivity index (χ2n) is 4.84. The summed E-state index contributed by atoms with van der Waals surface area (Å²) >= 11 is 0. The van der Waals surface area contributed by atoms with Crippen LogP contribution in [0, 0.1) is 11.8 Å². The number of rotatable bonds is 6. The third kappa shape index (κ3) is 3.96. The molecule has 2 heteroatoms. The minimum Gasteiger partial charge on any atom is -0.271 e. The van der Waals surface area contributed by atoms with Crippen LogP contribution in [0.15, 0.2) is 12.7 Å². The molecule has 0 amide bonds. The molecule has 0 heterocycles. The zero-order valence-electron chi connectivity index (χ0n) is 10.0. The molecule has 3 atom stereocenters. The molecule has 0 aromatic rings. The van der Waals surface area contributed by atoms with E-state index in [1.165, 1.54) is 32.1 Å². The maximum atomic E-state index is 5.65. The number of hydrazine groups is 1. The van der Waals surface area contributed by atoms with Gasteiger partial charge in [-0.2, -0.15) is 0 Å². The lowest BCUT2D eigenvalue weighted by Crippen LogP contribution is -2.42. The molecule has 1 rings (SSSR count). The van der Waals surface area contributed by atoms with Gasteiger partial charge in [-0.1, -0.05) is 32.3 Å². The monoisotopic (exact) mass is 210 g/mol. The van der Waals surface area contributed by atoms with Crippen molar-refractivity contribution < 1.29 is 0 Å². The summed E-state index contributed by atoms with van der Waals surface area (Å²) in [6.45, 7) is 6.08. The minimum absolute atomic E-state index is 0.498. The molecular weight excluding hydrogens is 184 g/mol. The van der Waals surface area contributed by atoms with Crippen LogP contribution in [-0.4, -0.2) is 6.04 Å². The van der Waals surface area contributed by atoms with Crippen molar-refractivity contribution in [3.05, 3.63) is 12.7 Å². The second-order valence-corrected chi connectivity index (χ2v) is 4.84. The Morgan fingerprint density at radius 2 is 2.33 bits per heavy atom. The van der Waals surface area contributed by atoms with Gasteiger partial charge in [-0.15, -0.1) is 6.58 Å². The van der Waals surface area contributed by atoms with Gasteiger partial charge in [-0.25, -0.2) is 0 Å². The number of allylic oxidation sites excluding steroid dienone is 1. The van der Waals surface area contributed by atoms with E-state index < -0.39 is 0 Å². The SMILES string of the molecule is C=CCCC(NN)C1CCCC(CC)C1. The zero-order chi connectivity index (χ0) is 11.1. The van der Waals surface area contributed by atoms with Gasteiger partial charge in [0, 0.05) is 6.04 Å².